The van der Waals surface area contributed by atoms with Gasteiger partial charge in [0.2, 0.25) is 0 Å². The molecule has 1 unspecified atom stereocenters. The first-order valence-corrected chi connectivity index (χ1v) is 4.72. The van der Waals surface area contributed by atoms with Crippen LogP contribution in [0.5, 0.6) is 0 Å². The predicted octanol–water partition coefficient (Wildman–Crippen LogP) is 3.19. The maximum absolute atomic E-state index is 12.6. The molecule has 0 aromatic heterocycles. The number of nitriles is 1. The molecular weight excluding hydrogens is 237 g/mol. The lowest BCUT2D eigenvalue weighted by Crippen LogP contribution is -2.28. The first-order valence-electron chi connectivity index (χ1n) is 4.31. The van der Waals surface area contributed by atoms with Gasteiger partial charge in [0.25, 0.3) is 0 Å². The summed E-state index contributed by atoms with van der Waals surface area (Å²) in [5.41, 5.74) is -2.30. The average Bonchev–Trinajstić information content (AvgIpc) is 2.16. The summed E-state index contributed by atoms with van der Waals surface area (Å²) in [5.74, 6) is 0. The summed E-state index contributed by atoms with van der Waals surface area (Å²) in [4.78, 5) is 3.68. The summed E-state index contributed by atoms with van der Waals surface area (Å²) in [7, 11) is 0. The third-order valence-electron chi connectivity index (χ3n) is 2.23. The fourth-order valence-electron chi connectivity index (χ4n) is 1.41. The molecule has 0 N–H and O–H groups in total. The molecule has 6 heteroatoms. The van der Waals surface area contributed by atoms with Gasteiger partial charge in [-0.3, -0.25) is 0 Å². The number of alkyl halides is 3. The molecule has 0 heterocycles. The first kappa shape index (κ1) is 12.6. The molecular formula is C10H7F3N2S. The smallest absolute Gasteiger partial charge is 0.221 e. The van der Waals surface area contributed by atoms with Gasteiger partial charge < -0.3 is 0 Å². The SMILES string of the molecule is CC1(N=C=S)C=CC(C#N)=C(C(F)(F)F)C1. The molecule has 0 radical (unpaired) electrons. The minimum atomic E-state index is -4.52. The van der Waals surface area contributed by atoms with Gasteiger partial charge in [-0.25, -0.2) is 4.99 Å². The third-order valence-corrected chi connectivity index (χ3v) is 2.32. The van der Waals surface area contributed by atoms with Gasteiger partial charge in [0.05, 0.1) is 27.9 Å². The largest absolute Gasteiger partial charge is 0.414 e. The Balaban J connectivity index is 3.22. The summed E-state index contributed by atoms with van der Waals surface area (Å²) in [5, 5.41) is 10.7. The number of nitrogens with zero attached hydrogens (tertiary/aromatic N) is 2. The minimum absolute atomic E-state index is 0.371. The standard InChI is InChI=1S/C10H7F3N2S/c1-9(15-6-16)3-2-7(5-14)8(4-9)10(11,12)13/h2-3H,4H2,1H3. The number of hydrogen-bond acceptors (Lipinski definition) is 3. The molecule has 1 aliphatic carbocycles. The third kappa shape index (κ3) is 2.57. The van der Waals surface area contributed by atoms with Gasteiger partial charge in [0.1, 0.15) is 0 Å². The van der Waals surface area contributed by atoms with Crippen LogP contribution in [0.15, 0.2) is 28.3 Å². The van der Waals surface area contributed by atoms with Crippen LogP contribution in [0, 0.1) is 11.3 Å². The Morgan fingerprint density at radius 2 is 2.19 bits per heavy atom. The molecule has 0 aromatic carbocycles. The zero-order valence-corrected chi connectivity index (χ0v) is 9.11. The number of thiocarbonyl (C=S) groups is 1. The molecule has 1 aliphatic rings. The van der Waals surface area contributed by atoms with Crippen molar-refractivity contribution in [3.05, 3.63) is 23.3 Å². The molecule has 0 aliphatic heterocycles. The van der Waals surface area contributed by atoms with E-state index >= 15 is 0 Å². The van der Waals surface area contributed by atoms with Crippen LogP contribution >= 0.6 is 12.2 Å². The lowest BCUT2D eigenvalue weighted by atomic mass is 9.85. The molecule has 0 saturated heterocycles. The van der Waals surface area contributed by atoms with Crippen LogP contribution < -0.4 is 0 Å². The highest BCUT2D eigenvalue weighted by Crippen LogP contribution is 2.39. The zero-order chi connectivity index (χ0) is 12.4. The second kappa shape index (κ2) is 4.20. The summed E-state index contributed by atoms with van der Waals surface area (Å²) >= 11 is 4.38. The number of rotatable bonds is 1. The van der Waals surface area contributed by atoms with Crippen molar-refractivity contribution in [1.29, 1.82) is 5.26 Å². The fourth-order valence-corrected chi connectivity index (χ4v) is 1.62. The van der Waals surface area contributed by atoms with E-state index in [1.54, 1.807) is 0 Å². The van der Waals surface area contributed by atoms with Crippen molar-refractivity contribution < 1.29 is 13.2 Å². The van der Waals surface area contributed by atoms with E-state index in [0.717, 1.165) is 6.08 Å². The highest BCUT2D eigenvalue weighted by molar-refractivity contribution is 7.78. The molecule has 0 spiro atoms. The van der Waals surface area contributed by atoms with Crippen molar-refractivity contribution in [2.45, 2.75) is 25.1 Å². The monoisotopic (exact) mass is 244 g/mol. The number of allylic oxidation sites excluding steroid dienone is 2. The van der Waals surface area contributed by atoms with E-state index < -0.39 is 17.3 Å². The quantitative estimate of drug-likeness (QED) is 0.524. The Hall–Kier alpha value is -1.44. The maximum atomic E-state index is 12.6. The van der Waals surface area contributed by atoms with Crippen molar-refractivity contribution in [2.24, 2.45) is 4.99 Å². The summed E-state index contributed by atoms with van der Waals surface area (Å²) in [6, 6.07) is 1.53. The molecule has 0 amide bonds. The van der Waals surface area contributed by atoms with Crippen LogP contribution in [0.4, 0.5) is 13.2 Å². The Morgan fingerprint density at radius 3 is 2.62 bits per heavy atom. The second-order valence-corrected chi connectivity index (χ2v) is 3.75. The predicted molar refractivity (Wildman–Crippen MR) is 55.9 cm³/mol. The summed E-state index contributed by atoms with van der Waals surface area (Å²) < 4.78 is 37.9. The fraction of sp³-hybridized carbons (Fsp3) is 0.400. The van der Waals surface area contributed by atoms with Crippen molar-refractivity contribution in [3.63, 3.8) is 0 Å². The van der Waals surface area contributed by atoms with Crippen molar-refractivity contribution in [3.8, 4) is 6.07 Å². The maximum Gasteiger partial charge on any atom is 0.414 e. The molecule has 0 saturated carbocycles. The molecule has 1 rings (SSSR count). The van der Waals surface area contributed by atoms with Crippen LogP contribution in [0.1, 0.15) is 13.3 Å². The Morgan fingerprint density at radius 1 is 1.56 bits per heavy atom. The van der Waals surface area contributed by atoms with E-state index in [4.69, 9.17) is 5.26 Å². The van der Waals surface area contributed by atoms with E-state index in [0.29, 0.717) is 0 Å². The molecule has 16 heavy (non-hydrogen) atoms. The van der Waals surface area contributed by atoms with Crippen LogP contribution in [0.25, 0.3) is 0 Å². The van der Waals surface area contributed by atoms with Crippen LogP contribution in [-0.4, -0.2) is 16.9 Å². The first-order chi connectivity index (χ1) is 7.32. The van der Waals surface area contributed by atoms with Crippen molar-refractivity contribution in [2.75, 3.05) is 0 Å². The highest BCUT2D eigenvalue weighted by atomic mass is 32.1. The Kier molecular flexibility index (Phi) is 3.32. The Labute approximate surface area is 95.8 Å². The van der Waals surface area contributed by atoms with E-state index in [-0.39, 0.29) is 12.0 Å². The molecule has 0 fully saturated rings. The Bertz CT molecular complexity index is 450. The van der Waals surface area contributed by atoms with Crippen molar-refractivity contribution >= 4 is 17.4 Å². The van der Waals surface area contributed by atoms with Gasteiger partial charge in [0.15, 0.2) is 0 Å². The number of halogens is 3. The van der Waals surface area contributed by atoms with E-state index in [1.807, 2.05) is 0 Å². The minimum Gasteiger partial charge on any atom is -0.221 e. The van der Waals surface area contributed by atoms with Gasteiger partial charge in [-0.2, -0.15) is 18.4 Å². The average molecular weight is 244 g/mol. The number of aliphatic imine (C=N–C) groups is 1. The summed E-state index contributed by atoms with van der Waals surface area (Å²) in [6.07, 6.45) is -2.35. The summed E-state index contributed by atoms with van der Waals surface area (Å²) in [6.45, 7) is 1.50. The molecule has 84 valence electrons. The molecule has 1 atom stereocenters. The second-order valence-electron chi connectivity index (χ2n) is 3.57. The van der Waals surface area contributed by atoms with Gasteiger partial charge >= 0.3 is 6.18 Å². The lowest BCUT2D eigenvalue weighted by Gasteiger charge is -2.26. The topological polar surface area (TPSA) is 36.1 Å². The number of isothiocyanates is 1. The highest BCUT2D eigenvalue weighted by Gasteiger charge is 2.41. The van der Waals surface area contributed by atoms with Crippen LogP contribution in [-0.2, 0) is 0 Å². The molecule has 2 nitrogen and oxygen atoms in total. The van der Waals surface area contributed by atoms with Gasteiger partial charge in [-0.1, -0.05) is 6.08 Å². The zero-order valence-electron chi connectivity index (χ0n) is 8.30. The van der Waals surface area contributed by atoms with Gasteiger partial charge in [0, 0.05) is 6.42 Å². The molecule has 0 aromatic rings. The van der Waals surface area contributed by atoms with Crippen LogP contribution in [0.2, 0.25) is 0 Å². The normalized spacial score (nSPS) is 24.9. The number of hydrogen-bond donors (Lipinski definition) is 0. The van der Waals surface area contributed by atoms with Crippen LogP contribution in [0.3, 0.4) is 0 Å². The van der Waals surface area contributed by atoms with E-state index in [9.17, 15) is 13.2 Å². The van der Waals surface area contributed by atoms with E-state index in [1.165, 1.54) is 19.1 Å². The van der Waals surface area contributed by atoms with Crippen molar-refractivity contribution in [1.82, 2.24) is 0 Å². The van der Waals surface area contributed by atoms with Gasteiger partial charge in [-0.15, -0.1) is 0 Å². The van der Waals surface area contributed by atoms with Gasteiger partial charge in [-0.05, 0) is 25.2 Å². The lowest BCUT2D eigenvalue weighted by molar-refractivity contribution is -0.0957. The molecule has 0 bridgehead atoms. The van der Waals surface area contributed by atoms with E-state index in [2.05, 4.69) is 22.4 Å².